The van der Waals surface area contributed by atoms with Crippen LogP contribution in [0.1, 0.15) is 22.9 Å². The molecule has 0 bridgehead atoms. The van der Waals surface area contributed by atoms with E-state index in [9.17, 15) is 5.11 Å². The molecule has 0 radical (unpaired) electrons. The van der Waals surface area contributed by atoms with Crippen LogP contribution in [0.25, 0.3) is 0 Å². The number of aliphatic hydroxyl groups is 1. The second-order valence-electron chi connectivity index (χ2n) is 3.99. The number of hydrogen-bond acceptors (Lipinski definition) is 3. The van der Waals surface area contributed by atoms with Gasteiger partial charge in [-0.2, -0.15) is 0 Å². The molecule has 94 valence electrons. The average Bonchev–Trinajstić information content (AvgIpc) is 2.38. The molecule has 1 N–H and O–H groups in total. The van der Waals surface area contributed by atoms with Gasteiger partial charge in [0.2, 0.25) is 0 Å². The highest BCUT2D eigenvalue weighted by molar-refractivity contribution is 6.30. The summed E-state index contributed by atoms with van der Waals surface area (Å²) in [7, 11) is 1.56. The number of nitrogens with zero attached hydrogens (tertiary/aromatic N) is 1. The van der Waals surface area contributed by atoms with Crippen LogP contribution in [-0.2, 0) is 0 Å². The highest BCUT2D eigenvalue weighted by Crippen LogP contribution is 2.32. The van der Waals surface area contributed by atoms with Crippen molar-refractivity contribution in [2.45, 2.75) is 13.0 Å². The highest BCUT2D eigenvalue weighted by Gasteiger charge is 2.18. The lowest BCUT2D eigenvalue weighted by Crippen LogP contribution is -2.06. The van der Waals surface area contributed by atoms with Crippen molar-refractivity contribution >= 4 is 11.6 Å². The third kappa shape index (κ3) is 2.47. The highest BCUT2D eigenvalue weighted by atomic mass is 35.5. The van der Waals surface area contributed by atoms with Gasteiger partial charge in [0.1, 0.15) is 11.9 Å². The van der Waals surface area contributed by atoms with Crippen molar-refractivity contribution in [1.82, 2.24) is 4.98 Å². The fraction of sp³-hybridized carbons (Fsp3) is 0.214. The Morgan fingerprint density at radius 2 is 2.11 bits per heavy atom. The maximum Gasteiger partial charge on any atom is 0.125 e. The molecule has 1 aromatic heterocycles. The van der Waals surface area contributed by atoms with Crippen LogP contribution >= 0.6 is 11.6 Å². The Balaban J connectivity index is 2.48. The van der Waals surface area contributed by atoms with Crippen LogP contribution in [0.4, 0.5) is 0 Å². The van der Waals surface area contributed by atoms with E-state index in [1.807, 2.05) is 19.1 Å². The molecule has 0 saturated heterocycles. The largest absolute Gasteiger partial charge is 0.496 e. The molecule has 1 aromatic carbocycles. The van der Waals surface area contributed by atoms with Crippen molar-refractivity contribution in [3.63, 3.8) is 0 Å². The molecule has 2 rings (SSSR count). The first-order valence-corrected chi connectivity index (χ1v) is 5.94. The van der Waals surface area contributed by atoms with Gasteiger partial charge in [-0.3, -0.25) is 4.98 Å². The molecule has 0 aliphatic heterocycles. The molecule has 0 fully saturated rings. The first kappa shape index (κ1) is 12.9. The smallest absolute Gasteiger partial charge is 0.125 e. The van der Waals surface area contributed by atoms with Gasteiger partial charge in [0.25, 0.3) is 0 Å². The van der Waals surface area contributed by atoms with E-state index in [0.29, 0.717) is 22.0 Å². The third-order valence-electron chi connectivity index (χ3n) is 2.80. The summed E-state index contributed by atoms with van der Waals surface area (Å²) in [5.74, 6) is 0.594. The van der Waals surface area contributed by atoms with E-state index in [4.69, 9.17) is 16.3 Å². The number of rotatable bonds is 3. The Labute approximate surface area is 111 Å². The summed E-state index contributed by atoms with van der Waals surface area (Å²) < 4.78 is 5.24. The van der Waals surface area contributed by atoms with Crippen LogP contribution < -0.4 is 4.74 Å². The van der Waals surface area contributed by atoms with Crippen LogP contribution in [0.15, 0.2) is 36.5 Å². The van der Waals surface area contributed by atoms with E-state index < -0.39 is 6.10 Å². The van der Waals surface area contributed by atoms with E-state index in [2.05, 4.69) is 4.98 Å². The number of halogens is 1. The third-order valence-corrected chi connectivity index (χ3v) is 3.03. The van der Waals surface area contributed by atoms with E-state index in [0.717, 1.165) is 5.56 Å². The Hall–Kier alpha value is -1.58. The maximum atomic E-state index is 10.4. The topological polar surface area (TPSA) is 42.4 Å². The second-order valence-corrected chi connectivity index (χ2v) is 4.43. The van der Waals surface area contributed by atoms with Crippen LogP contribution in [0, 0.1) is 6.92 Å². The molecule has 0 saturated carbocycles. The van der Waals surface area contributed by atoms with Crippen LogP contribution in [0.3, 0.4) is 0 Å². The lowest BCUT2D eigenvalue weighted by atomic mass is 10.0. The Morgan fingerprint density at radius 1 is 1.33 bits per heavy atom. The number of pyridine rings is 1. The predicted octanol–water partition coefficient (Wildman–Crippen LogP) is 3.13. The van der Waals surface area contributed by atoms with Gasteiger partial charge < -0.3 is 9.84 Å². The predicted molar refractivity (Wildman–Crippen MR) is 71.0 cm³/mol. The van der Waals surface area contributed by atoms with Gasteiger partial charge in [-0.15, -0.1) is 0 Å². The fourth-order valence-corrected chi connectivity index (χ4v) is 2.03. The van der Waals surface area contributed by atoms with Crippen molar-refractivity contribution in [3.05, 3.63) is 58.4 Å². The standard InChI is InChI=1S/C14H14ClNO2/c1-9-4-3-7-16-13(9)14(17)11-8-10(15)5-6-12(11)18-2/h3-8,14,17H,1-2H3. The molecule has 1 heterocycles. The molecule has 0 amide bonds. The Kier molecular flexibility index (Phi) is 3.84. The molecule has 0 aliphatic carbocycles. The van der Waals surface area contributed by atoms with Gasteiger partial charge in [-0.25, -0.2) is 0 Å². The molecular formula is C14H14ClNO2. The van der Waals surface area contributed by atoms with Gasteiger partial charge in [0.05, 0.1) is 12.8 Å². The normalized spacial score (nSPS) is 12.2. The number of aromatic nitrogens is 1. The Bertz CT molecular complexity index is 557. The number of aliphatic hydroxyl groups excluding tert-OH is 1. The first-order chi connectivity index (χ1) is 8.63. The minimum Gasteiger partial charge on any atom is -0.496 e. The van der Waals surface area contributed by atoms with Crippen molar-refractivity contribution in [2.75, 3.05) is 7.11 Å². The van der Waals surface area contributed by atoms with E-state index in [-0.39, 0.29) is 0 Å². The molecule has 3 nitrogen and oxygen atoms in total. The summed E-state index contributed by atoms with van der Waals surface area (Å²) >= 11 is 5.96. The zero-order valence-corrected chi connectivity index (χ0v) is 11.0. The van der Waals surface area contributed by atoms with Crippen LogP contribution in [0.2, 0.25) is 5.02 Å². The van der Waals surface area contributed by atoms with Gasteiger partial charge in [-0.05, 0) is 36.8 Å². The number of ether oxygens (including phenoxy) is 1. The summed E-state index contributed by atoms with van der Waals surface area (Å²) in [6, 6.07) is 8.89. The Morgan fingerprint density at radius 3 is 2.78 bits per heavy atom. The molecule has 1 unspecified atom stereocenters. The van der Waals surface area contributed by atoms with E-state index in [1.54, 1.807) is 31.5 Å². The van der Waals surface area contributed by atoms with Gasteiger partial charge in [0.15, 0.2) is 0 Å². The molecule has 0 spiro atoms. The number of hydrogen-bond donors (Lipinski definition) is 1. The van der Waals surface area contributed by atoms with Crippen molar-refractivity contribution in [3.8, 4) is 5.75 Å². The zero-order chi connectivity index (χ0) is 13.1. The number of methoxy groups -OCH3 is 1. The quantitative estimate of drug-likeness (QED) is 0.925. The van der Waals surface area contributed by atoms with Crippen LogP contribution in [0.5, 0.6) is 5.75 Å². The van der Waals surface area contributed by atoms with Crippen LogP contribution in [-0.4, -0.2) is 17.2 Å². The minimum atomic E-state index is -0.847. The lowest BCUT2D eigenvalue weighted by Gasteiger charge is -2.16. The minimum absolute atomic E-state index is 0.554. The number of benzene rings is 1. The van der Waals surface area contributed by atoms with Crippen molar-refractivity contribution in [1.29, 1.82) is 0 Å². The summed E-state index contributed by atoms with van der Waals surface area (Å²) in [6.45, 7) is 1.91. The summed E-state index contributed by atoms with van der Waals surface area (Å²) in [5.41, 5.74) is 2.15. The summed E-state index contributed by atoms with van der Waals surface area (Å²) in [4.78, 5) is 4.21. The van der Waals surface area contributed by atoms with Gasteiger partial charge >= 0.3 is 0 Å². The number of aryl methyl sites for hydroxylation is 1. The van der Waals surface area contributed by atoms with E-state index in [1.165, 1.54) is 0 Å². The molecule has 0 aliphatic rings. The monoisotopic (exact) mass is 263 g/mol. The first-order valence-electron chi connectivity index (χ1n) is 5.56. The maximum absolute atomic E-state index is 10.4. The molecule has 4 heteroatoms. The zero-order valence-electron chi connectivity index (χ0n) is 10.2. The average molecular weight is 264 g/mol. The molecule has 2 aromatic rings. The van der Waals surface area contributed by atoms with Gasteiger partial charge in [0, 0.05) is 16.8 Å². The van der Waals surface area contributed by atoms with E-state index >= 15 is 0 Å². The molecule has 1 atom stereocenters. The van der Waals surface area contributed by atoms with Crippen molar-refractivity contribution < 1.29 is 9.84 Å². The molecule has 18 heavy (non-hydrogen) atoms. The summed E-state index contributed by atoms with van der Waals surface area (Å²) in [5, 5.41) is 11.0. The SMILES string of the molecule is COc1ccc(Cl)cc1C(O)c1ncccc1C. The van der Waals surface area contributed by atoms with Crippen molar-refractivity contribution in [2.24, 2.45) is 0 Å². The van der Waals surface area contributed by atoms with Gasteiger partial charge in [-0.1, -0.05) is 17.7 Å². The fourth-order valence-electron chi connectivity index (χ4n) is 1.85. The molecular weight excluding hydrogens is 250 g/mol. The summed E-state index contributed by atoms with van der Waals surface area (Å²) in [6.07, 6.45) is 0.808. The lowest BCUT2D eigenvalue weighted by molar-refractivity contribution is 0.209. The second kappa shape index (κ2) is 5.38.